The molecule has 0 spiro atoms. The predicted octanol–water partition coefficient (Wildman–Crippen LogP) is 2.95. The van der Waals surface area contributed by atoms with E-state index in [1.54, 1.807) is 24.3 Å². The van der Waals surface area contributed by atoms with E-state index in [0.29, 0.717) is 17.3 Å². The van der Waals surface area contributed by atoms with E-state index in [4.69, 9.17) is 11.6 Å². The Balaban J connectivity index is 1.73. The zero-order valence-electron chi connectivity index (χ0n) is 12.2. The van der Waals surface area contributed by atoms with Gasteiger partial charge in [-0.2, -0.15) is 0 Å². The fourth-order valence-corrected chi connectivity index (χ4v) is 2.93. The van der Waals surface area contributed by atoms with E-state index in [2.05, 4.69) is 10.6 Å². The number of carbonyl (C=O) groups excluding carboxylic acids is 1. The molecule has 1 amide bonds. The molecule has 0 bridgehead atoms. The van der Waals surface area contributed by atoms with Crippen molar-refractivity contribution >= 4 is 23.2 Å². The quantitative estimate of drug-likeness (QED) is 0.733. The normalized spacial score (nSPS) is 18.0. The zero-order chi connectivity index (χ0) is 15.1. The maximum absolute atomic E-state index is 11.8. The standard InChI is InChI=1S/C16H23ClN2O2/c17-13-6-5-7-14(10-13)19-15(20)11-18-12-16(21)8-3-1-2-4-9-16/h5-7,10,18,21H,1-4,8-9,11-12H2,(H,19,20). The number of hydrogen-bond donors (Lipinski definition) is 3. The third-order valence-corrected chi connectivity index (χ3v) is 4.12. The van der Waals surface area contributed by atoms with Crippen LogP contribution in [-0.2, 0) is 4.79 Å². The van der Waals surface area contributed by atoms with Gasteiger partial charge in [-0.1, -0.05) is 43.4 Å². The van der Waals surface area contributed by atoms with Gasteiger partial charge in [-0.25, -0.2) is 0 Å². The van der Waals surface area contributed by atoms with Gasteiger partial charge in [0, 0.05) is 17.3 Å². The smallest absolute Gasteiger partial charge is 0.238 e. The van der Waals surface area contributed by atoms with Gasteiger partial charge in [-0.15, -0.1) is 0 Å². The summed E-state index contributed by atoms with van der Waals surface area (Å²) in [6.45, 7) is 0.658. The molecule has 116 valence electrons. The molecule has 0 aliphatic heterocycles. The molecule has 0 aromatic heterocycles. The van der Waals surface area contributed by atoms with Crippen LogP contribution >= 0.6 is 11.6 Å². The number of halogens is 1. The van der Waals surface area contributed by atoms with Crippen LogP contribution in [0, 0.1) is 0 Å². The largest absolute Gasteiger partial charge is 0.389 e. The van der Waals surface area contributed by atoms with Crippen molar-refractivity contribution in [3.8, 4) is 0 Å². The minimum Gasteiger partial charge on any atom is -0.389 e. The van der Waals surface area contributed by atoms with Crippen LogP contribution in [0.3, 0.4) is 0 Å². The maximum atomic E-state index is 11.8. The summed E-state index contributed by atoms with van der Waals surface area (Å²) in [4.78, 5) is 11.8. The van der Waals surface area contributed by atoms with Gasteiger partial charge in [0.25, 0.3) is 0 Å². The van der Waals surface area contributed by atoms with Gasteiger partial charge in [0.1, 0.15) is 0 Å². The molecule has 1 saturated carbocycles. The average Bonchev–Trinajstić information content (AvgIpc) is 2.64. The molecule has 1 fully saturated rings. The fourth-order valence-electron chi connectivity index (χ4n) is 2.74. The molecule has 1 aliphatic rings. The highest BCUT2D eigenvalue weighted by molar-refractivity contribution is 6.30. The van der Waals surface area contributed by atoms with Crippen molar-refractivity contribution in [3.63, 3.8) is 0 Å². The van der Waals surface area contributed by atoms with E-state index >= 15 is 0 Å². The highest BCUT2D eigenvalue weighted by atomic mass is 35.5. The van der Waals surface area contributed by atoms with Crippen LogP contribution in [0.4, 0.5) is 5.69 Å². The molecule has 1 aromatic carbocycles. The van der Waals surface area contributed by atoms with Gasteiger partial charge < -0.3 is 15.7 Å². The lowest BCUT2D eigenvalue weighted by Gasteiger charge is -2.26. The van der Waals surface area contributed by atoms with Crippen molar-refractivity contribution < 1.29 is 9.90 Å². The first-order chi connectivity index (χ1) is 10.1. The van der Waals surface area contributed by atoms with E-state index in [1.807, 2.05) is 0 Å². The van der Waals surface area contributed by atoms with Crippen LogP contribution < -0.4 is 10.6 Å². The molecule has 0 heterocycles. The van der Waals surface area contributed by atoms with Crippen LogP contribution in [0.2, 0.25) is 5.02 Å². The SMILES string of the molecule is O=C(CNCC1(O)CCCCCC1)Nc1cccc(Cl)c1. The summed E-state index contributed by atoms with van der Waals surface area (Å²) in [5.74, 6) is -0.130. The second kappa shape index (κ2) is 7.78. The van der Waals surface area contributed by atoms with Crippen molar-refractivity contribution in [3.05, 3.63) is 29.3 Å². The molecule has 5 heteroatoms. The summed E-state index contributed by atoms with van der Waals surface area (Å²) in [7, 11) is 0. The first-order valence-electron chi connectivity index (χ1n) is 7.56. The van der Waals surface area contributed by atoms with Crippen LogP contribution in [0.15, 0.2) is 24.3 Å². The van der Waals surface area contributed by atoms with Gasteiger partial charge in [-0.05, 0) is 31.0 Å². The highest BCUT2D eigenvalue weighted by Gasteiger charge is 2.27. The zero-order valence-corrected chi connectivity index (χ0v) is 13.0. The molecule has 0 atom stereocenters. The maximum Gasteiger partial charge on any atom is 0.238 e. The lowest BCUT2D eigenvalue weighted by Crippen LogP contribution is -2.42. The molecular weight excluding hydrogens is 288 g/mol. The minimum atomic E-state index is -0.660. The highest BCUT2D eigenvalue weighted by Crippen LogP contribution is 2.26. The summed E-state index contributed by atoms with van der Waals surface area (Å²) in [5, 5.41) is 16.9. The van der Waals surface area contributed by atoms with Gasteiger partial charge >= 0.3 is 0 Å². The second-order valence-corrected chi connectivity index (χ2v) is 6.24. The average molecular weight is 311 g/mol. The summed E-state index contributed by atoms with van der Waals surface area (Å²) in [6.07, 6.45) is 6.14. The van der Waals surface area contributed by atoms with Crippen LogP contribution in [0.1, 0.15) is 38.5 Å². The van der Waals surface area contributed by atoms with Crippen molar-refractivity contribution in [1.82, 2.24) is 5.32 Å². The summed E-state index contributed by atoms with van der Waals surface area (Å²) in [5.41, 5.74) is 0.0230. The van der Waals surface area contributed by atoms with Crippen LogP contribution in [-0.4, -0.2) is 29.7 Å². The van der Waals surface area contributed by atoms with Crippen LogP contribution in [0.5, 0.6) is 0 Å². The van der Waals surface area contributed by atoms with Gasteiger partial charge in [0.2, 0.25) is 5.91 Å². The molecule has 0 unspecified atom stereocenters. The van der Waals surface area contributed by atoms with Crippen molar-refractivity contribution in [2.45, 2.75) is 44.1 Å². The summed E-state index contributed by atoms with van der Waals surface area (Å²) < 4.78 is 0. The monoisotopic (exact) mass is 310 g/mol. The second-order valence-electron chi connectivity index (χ2n) is 5.80. The third kappa shape index (κ3) is 5.65. The Morgan fingerprint density at radius 1 is 1.24 bits per heavy atom. The number of benzene rings is 1. The molecule has 1 aromatic rings. The first kappa shape index (κ1) is 16.3. The molecule has 4 nitrogen and oxygen atoms in total. The lowest BCUT2D eigenvalue weighted by atomic mass is 9.94. The summed E-state index contributed by atoms with van der Waals surface area (Å²) >= 11 is 5.87. The molecule has 21 heavy (non-hydrogen) atoms. The van der Waals surface area contributed by atoms with E-state index in [1.165, 1.54) is 12.8 Å². The van der Waals surface area contributed by atoms with Crippen molar-refractivity contribution in [2.75, 3.05) is 18.4 Å². The molecular formula is C16H23ClN2O2. The van der Waals surface area contributed by atoms with E-state index in [-0.39, 0.29) is 12.5 Å². The molecule has 2 rings (SSSR count). The number of carbonyl (C=O) groups is 1. The predicted molar refractivity (Wildman–Crippen MR) is 85.6 cm³/mol. The minimum absolute atomic E-state index is 0.130. The topological polar surface area (TPSA) is 61.4 Å². The Bertz CT molecular complexity index is 471. The Hall–Kier alpha value is -1.10. The molecule has 0 saturated heterocycles. The Morgan fingerprint density at radius 3 is 2.62 bits per heavy atom. The van der Waals surface area contributed by atoms with E-state index in [9.17, 15) is 9.90 Å². The number of aliphatic hydroxyl groups is 1. The van der Waals surface area contributed by atoms with E-state index < -0.39 is 5.60 Å². The fraction of sp³-hybridized carbons (Fsp3) is 0.562. The lowest BCUT2D eigenvalue weighted by molar-refractivity contribution is -0.115. The number of hydrogen-bond acceptors (Lipinski definition) is 3. The van der Waals surface area contributed by atoms with Gasteiger partial charge in [0.15, 0.2) is 0 Å². The number of anilines is 1. The van der Waals surface area contributed by atoms with Gasteiger partial charge in [0.05, 0.1) is 12.1 Å². The number of rotatable bonds is 5. The summed E-state index contributed by atoms with van der Waals surface area (Å²) in [6, 6.07) is 7.05. The Kier molecular flexibility index (Phi) is 6.03. The first-order valence-corrected chi connectivity index (χ1v) is 7.94. The molecule has 3 N–H and O–H groups in total. The molecule has 0 radical (unpaired) electrons. The third-order valence-electron chi connectivity index (χ3n) is 3.88. The van der Waals surface area contributed by atoms with E-state index in [0.717, 1.165) is 25.7 Å². The van der Waals surface area contributed by atoms with Crippen molar-refractivity contribution in [2.24, 2.45) is 0 Å². The Morgan fingerprint density at radius 2 is 1.95 bits per heavy atom. The van der Waals surface area contributed by atoms with Gasteiger partial charge in [-0.3, -0.25) is 4.79 Å². The van der Waals surface area contributed by atoms with Crippen LogP contribution in [0.25, 0.3) is 0 Å². The molecule has 1 aliphatic carbocycles. The number of nitrogens with one attached hydrogen (secondary N) is 2. The Labute approximate surface area is 130 Å². The number of amides is 1. The van der Waals surface area contributed by atoms with Crippen molar-refractivity contribution in [1.29, 1.82) is 0 Å².